The first-order valence-electron chi connectivity index (χ1n) is 9.96. The number of hydrogen-bond donors (Lipinski definition) is 0. The molecular weight excluding hydrogens is 400 g/mol. The van der Waals surface area contributed by atoms with Gasteiger partial charge in [0, 0.05) is 24.7 Å². The van der Waals surface area contributed by atoms with Gasteiger partial charge in [0.2, 0.25) is 5.71 Å². The maximum atomic E-state index is 13.0. The number of carbonyl (C=O) groups excluding carboxylic acids is 2. The van der Waals surface area contributed by atoms with Gasteiger partial charge in [-0.3, -0.25) is 4.79 Å². The van der Waals surface area contributed by atoms with Crippen molar-refractivity contribution in [3.05, 3.63) is 52.5 Å². The molecule has 1 atom stereocenters. The summed E-state index contributed by atoms with van der Waals surface area (Å²) in [6.07, 6.45) is 9.74. The number of carbonyl (C=O) groups is 2. The van der Waals surface area contributed by atoms with Gasteiger partial charge in [-0.2, -0.15) is 4.58 Å². The zero-order valence-corrected chi connectivity index (χ0v) is 18.2. The van der Waals surface area contributed by atoms with Gasteiger partial charge in [-0.1, -0.05) is 30.0 Å². The van der Waals surface area contributed by atoms with Gasteiger partial charge in [0.25, 0.3) is 5.91 Å². The van der Waals surface area contributed by atoms with Crippen molar-refractivity contribution in [1.82, 2.24) is 4.90 Å². The first-order valence-corrected chi connectivity index (χ1v) is 10.8. The summed E-state index contributed by atoms with van der Waals surface area (Å²) in [6.45, 7) is 1.62. The average Bonchev–Trinajstić information content (AvgIpc) is 3.31. The average molecular weight is 426 g/mol. The van der Waals surface area contributed by atoms with E-state index in [0.717, 1.165) is 37.2 Å². The zero-order valence-electron chi connectivity index (χ0n) is 17.4. The second-order valence-electron chi connectivity index (χ2n) is 7.41. The summed E-state index contributed by atoms with van der Waals surface area (Å²) in [5.74, 6) is 1.23. The van der Waals surface area contributed by atoms with Gasteiger partial charge in [0.1, 0.15) is 17.2 Å². The maximum Gasteiger partial charge on any atom is 0.425 e. The summed E-state index contributed by atoms with van der Waals surface area (Å²) in [5, 5.41) is -0.00535. The molecule has 0 spiro atoms. The van der Waals surface area contributed by atoms with Crippen molar-refractivity contribution in [1.29, 1.82) is 0 Å². The minimum Gasteiger partial charge on any atom is -0.493 e. The fraction of sp³-hybridized carbons (Fsp3) is 0.348. The highest BCUT2D eigenvalue weighted by Crippen LogP contribution is 2.35. The third-order valence-electron chi connectivity index (χ3n) is 5.55. The molecule has 1 aliphatic carbocycles. The molecule has 2 aliphatic heterocycles. The summed E-state index contributed by atoms with van der Waals surface area (Å²) in [5.41, 5.74) is 2.36. The minimum absolute atomic E-state index is 0.00535. The molecule has 6 nitrogen and oxygen atoms in total. The van der Waals surface area contributed by atoms with Gasteiger partial charge < -0.3 is 14.4 Å². The number of likely N-dealkylation sites (tertiary alicyclic amines) is 1. The molecule has 1 unspecified atom stereocenters. The molecule has 1 aromatic rings. The lowest BCUT2D eigenvalue weighted by Gasteiger charge is -2.22. The Bertz CT molecular complexity index is 1020. The van der Waals surface area contributed by atoms with Gasteiger partial charge >= 0.3 is 5.91 Å². The Labute approximate surface area is 180 Å². The molecule has 0 N–H and O–H groups in total. The molecule has 30 heavy (non-hydrogen) atoms. The Morgan fingerprint density at radius 2 is 1.93 bits per heavy atom. The highest BCUT2D eigenvalue weighted by atomic mass is 32.2. The van der Waals surface area contributed by atoms with Crippen LogP contribution in [0.1, 0.15) is 18.4 Å². The van der Waals surface area contributed by atoms with Gasteiger partial charge in [0.05, 0.1) is 14.2 Å². The van der Waals surface area contributed by atoms with E-state index in [-0.39, 0.29) is 17.1 Å². The predicted octanol–water partition coefficient (Wildman–Crippen LogP) is 2.89. The van der Waals surface area contributed by atoms with E-state index in [2.05, 4.69) is 0 Å². The highest BCUT2D eigenvalue weighted by molar-refractivity contribution is 8.05. The van der Waals surface area contributed by atoms with Gasteiger partial charge in [-0.15, -0.1) is 0 Å². The van der Waals surface area contributed by atoms with Crippen molar-refractivity contribution in [2.24, 2.45) is 0 Å². The first-order chi connectivity index (χ1) is 14.5. The molecule has 0 aromatic heterocycles. The molecular formula is C23H25N2O4S+. The summed E-state index contributed by atoms with van der Waals surface area (Å²) in [4.78, 5) is 28.3. The Balaban J connectivity index is 1.62. The maximum absolute atomic E-state index is 13.0. The van der Waals surface area contributed by atoms with Crippen LogP contribution in [0.15, 0.2) is 46.9 Å². The van der Waals surface area contributed by atoms with Crippen LogP contribution in [0.25, 0.3) is 6.08 Å². The van der Waals surface area contributed by atoms with E-state index >= 15 is 0 Å². The molecule has 3 aliphatic rings. The molecule has 7 heteroatoms. The highest BCUT2D eigenvalue weighted by Gasteiger charge is 2.38. The molecule has 0 radical (unpaired) electrons. The van der Waals surface area contributed by atoms with Crippen LogP contribution in [0.4, 0.5) is 0 Å². The van der Waals surface area contributed by atoms with Crippen LogP contribution in [-0.4, -0.2) is 66.6 Å². The smallest absolute Gasteiger partial charge is 0.425 e. The fourth-order valence-electron chi connectivity index (χ4n) is 3.86. The molecule has 0 bridgehead atoms. The molecule has 1 aromatic carbocycles. The molecule has 2 amide bonds. The number of benzene rings is 1. The third kappa shape index (κ3) is 3.81. The number of methoxy groups -OCH3 is 2. The van der Waals surface area contributed by atoms with Crippen molar-refractivity contribution in [3.8, 4) is 11.5 Å². The number of thioether (sulfide) groups is 1. The van der Waals surface area contributed by atoms with Crippen LogP contribution in [-0.2, 0) is 9.59 Å². The second-order valence-corrected chi connectivity index (χ2v) is 8.59. The summed E-state index contributed by atoms with van der Waals surface area (Å²) in [6, 6.07) is 5.57. The van der Waals surface area contributed by atoms with Crippen molar-refractivity contribution >= 4 is 35.4 Å². The number of likely N-dealkylation sites (N-methyl/N-ethyl adjacent to an activating group) is 1. The third-order valence-corrected chi connectivity index (χ3v) is 6.75. The van der Waals surface area contributed by atoms with Gasteiger partial charge in [-0.05, 0) is 36.6 Å². The van der Waals surface area contributed by atoms with E-state index in [9.17, 15) is 9.59 Å². The van der Waals surface area contributed by atoms with E-state index in [1.807, 2.05) is 47.4 Å². The van der Waals surface area contributed by atoms with E-state index < -0.39 is 0 Å². The molecule has 0 saturated carbocycles. The van der Waals surface area contributed by atoms with Crippen LogP contribution in [0.5, 0.6) is 11.5 Å². The van der Waals surface area contributed by atoms with Crippen molar-refractivity contribution < 1.29 is 23.6 Å². The topological polar surface area (TPSA) is 58.8 Å². The lowest BCUT2D eigenvalue weighted by molar-refractivity contribution is -0.413. The van der Waals surface area contributed by atoms with Crippen molar-refractivity contribution in [2.45, 2.75) is 18.1 Å². The fourth-order valence-corrected chi connectivity index (χ4v) is 5.08. The number of amides is 2. The number of ether oxygens (including phenoxy) is 2. The molecule has 2 heterocycles. The SMILES string of the molecule is COc1ccc(/C=C2\SC3C=CC(C(=O)N4CCCC4)=CC3=[N+](C)C2=O)cc1OC. The van der Waals surface area contributed by atoms with E-state index in [0.29, 0.717) is 22.0 Å². The second kappa shape index (κ2) is 8.52. The van der Waals surface area contributed by atoms with E-state index in [1.165, 1.54) is 11.8 Å². The Morgan fingerprint density at radius 1 is 1.20 bits per heavy atom. The lowest BCUT2D eigenvalue weighted by Crippen LogP contribution is -2.38. The molecule has 1 fully saturated rings. The lowest BCUT2D eigenvalue weighted by atomic mass is 10.0. The largest absolute Gasteiger partial charge is 0.493 e. The zero-order chi connectivity index (χ0) is 21.3. The normalized spacial score (nSPS) is 22.3. The predicted molar refractivity (Wildman–Crippen MR) is 118 cm³/mol. The number of rotatable bonds is 4. The Hall–Kier alpha value is -2.80. The number of allylic oxidation sites excluding steroid dienone is 1. The molecule has 1 saturated heterocycles. The minimum atomic E-state index is -0.0828. The van der Waals surface area contributed by atoms with Crippen LogP contribution >= 0.6 is 11.8 Å². The van der Waals surface area contributed by atoms with Crippen molar-refractivity contribution in [2.75, 3.05) is 34.4 Å². The number of nitrogens with zero attached hydrogens (tertiary/aromatic N) is 2. The van der Waals surface area contributed by atoms with E-state index in [4.69, 9.17) is 9.47 Å². The van der Waals surface area contributed by atoms with E-state index in [1.54, 1.807) is 25.8 Å². The quantitative estimate of drug-likeness (QED) is 0.548. The van der Waals surface area contributed by atoms with Gasteiger partial charge in [-0.25, -0.2) is 4.79 Å². The Morgan fingerprint density at radius 3 is 2.63 bits per heavy atom. The summed E-state index contributed by atoms with van der Waals surface area (Å²) >= 11 is 1.50. The van der Waals surface area contributed by atoms with Gasteiger partial charge in [0.15, 0.2) is 11.5 Å². The number of hydrogen-bond acceptors (Lipinski definition) is 5. The Kier molecular flexibility index (Phi) is 5.81. The van der Waals surface area contributed by atoms with Crippen molar-refractivity contribution in [3.63, 3.8) is 0 Å². The van der Waals surface area contributed by atoms with Crippen LogP contribution < -0.4 is 9.47 Å². The first kappa shape index (κ1) is 20.5. The monoisotopic (exact) mass is 425 g/mol. The van der Waals surface area contributed by atoms with Crippen LogP contribution in [0.2, 0.25) is 0 Å². The molecule has 156 valence electrons. The van der Waals surface area contributed by atoms with Crippen LogP contribution in [0, 0.1) is 0 Å². The standard InChI is InChI=1S/C23H25N2O4S/c1-24-17-14-16(22(26)25-10-4-5-11-25)7-9-20(17)30-21(23(24)27)13-15-6-8-18(28-2)19(12-15)29-3/h6-9,12-14,20H,4-5,10-11H2,1-3H3/q+1/b21-13-. The summed E-state index contributed by atoms with van der Waals surface area (Å²) < 4.78 is 12.3. The molecule has 4 rings (SSSR count). The van der Waals surface area contributed by atoms with Crippen LogP contribution in [0.3, 0.4) is 0 Å². The summed E-state index contributed by atoms with van der Waals surface area (Å²) in [7, 11) is 4.94. The number of fused-ring (bicyclic) bond motifs is 1.